The zero-order chi connectivity index (χ0) is 24.4. The molecule has 0 bridgehead atoms. The molecule has 0 amide bonds. The molecule has 2 heterocycles. The Labute approximate surface area is 204 Å². The first-order chi connectivity index (χ1) is 15.4. The van der Waals surface area contributed by atoms with E-state index in [-0.39, 0.29) is 30.2 Å². The SMILES string of the molecule is CC(=Cc1csc(C)n1)C1CC2CC2(C)CCCC(C)CC(C)C(=O)C(C)(C)CCC(=O)O1. The van der Waals surface area contributed by atoms with Gasteiger partial charge in [0.25, 0.3) is 0 Å². The highest BCUT2D eigenvalue weighted by Gasteiger charge is 2.50. The minimum absolute atomic E-state index is 0.0303. The van der Waals surface area contributed by atoms with E-state index in [9.17, 15) is 9.59 Å². The van der Waals surface area contributed by atoms with Crippen LogP contribution < -0.4 is 0 Å². The van der Waals surface area contributed by atoms with E-state index in [0.717, 1.165) is 29.1 Å². The minimum atomic E-state index is -0.511. The Morgan fingerprint density at radius 3 is 2.58 bits per heavy atom. The van der Waals surface area contributed by atoms with Crippen molar-refractivity contribution in [1.29, 1.82) is 0 Å². The van der Waals surface area contributed by atoms with Gasteiger partial charge in [0.2, 0.25) is 0 Å². The van der Waals surface area contributed by atoms with Gasteiger partial charge in [-0.25, -0.2) is 4.98 Å². The molecule has 5 unspecified atom stereocenters. The molecule has 0 N–H and O–H groups in total. The van der Waals surface area contributed by atoms with E-state index >= 15 is 0 Å². The molecule has 5 atom stereocenters. The number of fused-ring (bicyclic) bond motifs is 1. The molecule has 0 aromatic carbocycles. The molecule has 33 heavy (non-hydrogen) atoms. The smallest absolute Gasteiger partial charge is 0.306 e. The predicted molar refractivity (Wildman–Crippen MR) is 136 cm³/mol. The third-order valence-corrected chi connectivity index (χ3v) is 8.89. The van der Waals surface area contributed by atoms with Gasteiger partial charge in [-0.3, -0.25) is 9.59 Å². The number of rotatable bonds is 2. The fourth-order valence-electron chi connectivity index (χ4n) is 5.64. The summed E-state index contributed by atoms with van der Waals surface area (Å²) in [6.45, 7) is 14.8. The monoisotopic (exact) mass is 473 g/mol. The van der Waals surface area contributed by atoms with Gasteiger partial charge in [-0.1, -0.05) is 47.5 Å². The first kappa shape index (κ1) is 26.1. The van der Waals surface area contributed by atoms with Crippen molar-refractivity contribution in [1.82, 2.24) is 4.98 Å². The second kappa shape index (κ2) is 10.4. The van der Waals surface area contributed by atoms with E-state index in [1.165, 1.54) is 25.7 Å². The third kappa shape index (κ3) is 7.00. The van der Waals surface area contributed by atoms with Gasteiger partial charge in [-0.15, -0.1) is 11.3 Å². The van der Waals surface area contributed by atoms with Crippen LogP contribution in [0.25, 0.3) is 6.08 Å². The number of nitrogens with zero attached hydrogens (tertiary/aromatic N) is 1. The van der Waals surface area contributed by atoms with E-state index in [1.54, 1.807) is 11.3 Å². The van der Waals surface area contributed by atoms with Crippen LogP contribution in [0, 0.1) is 35.5 Å². The molecule has 1 aromatic heterocycles. The predicted octanol–water partition coefficient (Wildman–Crippen LogP) is 7.40. The van der Waals surface area contributed by atoms with Crippen LogP contribution in [0.5, 0.6) is 0 Å². The Bertz CT molecular complexity index is 885. The van der Waals surface area contributed by atoms with Crippen LogP contribution in [0.4, 0.5) is 0 Å². The molecule has 1 saturated carbocycles. The summed E-state index contributed by atoms with van der Waals surface area (Å²) in [7, 11) is 0. The number of esters is 1. The van der Waals surface area contributed by atoms with Gasteiger partial charge in [0, 0.05) is 23.1 Å². The van der Waals surface area contributed by atoms with Crippen molar-refractivity contribution >= 4 is 29.2 Å². The van der Waals surface area contributed by atoms with Crippen LogP contribution in [0.1, 0.15) is 104 Å². The summed E-state index contributed by atoms with van der Waals surface area (Å²) in [5.74, 6) is 1.25. The Hall–Kier alpha value is -1.49. The largest absolute Gasteiger partial charge is 0.458 e. The number of Topliss-reactive ketones (excluding diaryl/α,β-unsaturated/α-hetero) is 1. The van der Waals surface area contributed by atoms with Crippen LogP contribution in [0.2, 0.25) is 0 Å². The normalized spacial score (nSPS) is 34.5. The Kier molecular flexibility index (Phi) is 8.24. The fraction of sp³-hybridized carbons (Fsp3) is 0.750. The highest BCUT2D eigenvalue weighted by Crippen LogP contribution is 2.58. The highest BCUT2D eigenvalue weighted by molar-refractivity contribution is 7.09. The summed E-state index contributed by atoms with van der Waals surface area (Å²) in [5, 5.41) is 3.09. The van der Waals surface area contributed by atoms with Crippen molar-refractivity contribution in [3.05, 3.63) is 21.7 Å². The maximum atomic E-state index is 13.1. The van der Waals surface area contributed by atoms with Gasteiger partial charge < -0.3 is 4.74 Å². The summed E-state index contributed by atoms with van der Waals surface area (Å²) in [4.78, 5) is 30.6. The van der Waals surface area contributed by atoms with E-state index in [0.29, 0.717) is 23.7 Å². The van der Waals surface area contributed by atoms with Crippen LogP contribution in [0.15, 0.2) is 11.0 Å². The molecular weight excluding hydrogens is 430 g/mol. The van der Waals surface area contributed by atoms with E-state index in [1.807, 2.05) is 26.2 Å². The van der Waals surface area contributed by atoms with Gasteiger partial charge in [0.05, 0.1) is 10.7 Å². The number of hydrogen-bond donors (Lipinski definition) is 0. The molecular formula is C28H43NO3S. The van der Waals surface area contributed by atoms with Crippen molar-refractivity contribution in [2.75, 3.05) is 0 Å². The number of cyclic esters (lactones) is 1. The Morgan fingerprint density at radius 1 is 1.18 bits per heavy atom. The average Bonchev–Trinajstić information content (AvgIpc) is 3.17. The van der Waals surface area contributed by atoms with Gasteiger partial charge in [0.1, 0.15) is 11.9 Å². The molecule has 0 spiro atoms. The highest BCUT2D eigenvalue weighted by atomic mass is 32.1. The van der Waals surface area contributed by atoms with E-state index < -0.39 is 5.41 Å². The quantitative estimate of drug-likeness (QED) is 0.420. The second-order valence-corrected chi connectivity index (χ2v) is 12.9. The van der Waals surface area contributed by atoms with Crippen LogP contribution >= 0.6 is 11.3 Å². The molecule has 5 heteroatoms. The number of carbonyl (C=O) groups is 2. The molecule has 1 aliphatic carbocycles. The summed E-state index contributed by atoms with van der Waals surface area (Å²) >= 11 is 1.63. The van der Waals surface area contributed by atoms with Gasteiger partial charge >= 0.3 is 5.97 Å². The van der Waals surface area contributed by atoms with Crippen molar-refractivity contribution in [3.63, 3.8) is 0 Å². The number of hydrogen-bond acceptors (Lipinski definition) is 5. The van der Waals surface area contributed by atoms with Crippen molar-refractivity contribution < 1.29 is 14.3 Å². The standard InChI is InChI=1S/C28H43NO3S/c1-18-9-8-11-28(7)16-22(28)15-24(19(2)14-23-17-33-21(4)29-23)32-25(30)10-12-27(5,6)26(31)20(3)13-18/h14,17-18,20,22,24H,8-13,15-16H2,1-7H3. The molecule has 2 aliphatic rings. The second-order valence-electron chi connectivity index (χ2n) is 11.8. The molecule has 1 aromatic rings. The first-order valence-electron chi connectivity index (χ1n) is 12.7. The third-order valence-electron chi connectivity index (χ3n) is 8.10. The minimum Gasteiger partial charge on any atom is -0.458 e. The van der Waals surface area contributed by atoms with E-state index in [4.69, 9.17) is 4.74 Å². The molecule has 1 aliphatic heterocycles. The summed E-state index contributed by atoms with van der Waals surface area (Å²) < 4.78 is 6.06. The molecule has 4 nitrogen and oxygen atoms in total. The number of ketones is 1. The van der Waals surface area contributed by atoms with Gasteiger partial charge in [-0.2, -0.15) is 0 Å². The lowest BCUT2D eigenvalue weighted by Gasteiger charge is -2.28. The van der Waals surface area contributed by atoms with Gasteiger partial charge in [-0.05, 0) is 74.9 Å². The lowest BCUT2D eigenvalue weighted by atomic mass is 9.75. The number of carbonyl (C=O) groups excluding carboxylic acids is 2. The number of aryl methyl sites for hydroxylation is 1. The molecule has 184 valence electrons. The summed E-state index contributed by atoms with van der Waals surface area (Å²) in [5.41, 5.74) is 1.83. The van der Waals surface area contributed by atoms with Crippen molar-refractivity contribution in [2.45, 2.75) is 106 Å². The first-order valence-corrected chi connectivity index (χ1v) is 13.6. The van der Waals surface area contributed by atoms with Crippen molar-refractivity contribution in [2.24, 2.45) is 28.6 Å². The number of aromatic nitrogens is 1. The van der Waals surface area contributed by atoms with Crippen LogP contribution in [-0.4, -0.2) is 22.8 Å². The number of ether oxygens (including phenoxy) is 1. The maximum Gasteiger partial charge on any atom is 0.306 e. The Morgan fingerprint density at radius 2 is 1.91 bits per heavy atom. The average molecular weight is 474 g/mol. The summed E-state index contributed by atoms with van der Waals surface area (Å²) in [6.07, 6.45) is 9.28. The topological polar surface area (TPSA) is 56.3 Å². The lowest BCUT2D eigenvalue weighted by molar-refractivity contribution is -0.149. The molecule has 3 rings (SSSR count). The molecule has 2 fully saturated rings. The van der Waals surface area contributed by atoms with Crippen LogP contribution in [-0.2, 0) is 14.3 Å². The van der Waals surface area contributed by atoms with Crippen molar-refractivity contribution in [3.8, 4) is 0 Å². The maximum absolute atomic E-state index is 13.1. The van der Waals surface area contributed by atoms with Gasteiger partial charge in [0.15, 0.2) is 0 Å². The zero-order valence-electron chi connectivity index (χ0n) is 21.7. The fourth-order valence-corrected chi connectivity index (χ4v) is 6.21. The lowest BCUT2D eigenvalue weighted by Crippen LogP contribution is -2.32. The van der Waals surface area contributed by atoms with E-state index in [2.05, 4.69) is 38.8 Å². The summed E-state index contributed by atoms with van der Waals surface area (Å²) in [6, 6.07) is 0. The molecule has 0 radical (unpaired) electrons. The zero-order valence-corrected chi connectivity index (χ0v) is 22.5. The molecule has 1 saturated heterocycles. The Balaban J connectivity index is 1.79. The number of thiazole rings is 1. The van der Waals surface area contributed by atoms with Crippen LogP contribution in [0.3, 0.4) is 0 Å².